The number of halogens is 1. The molecule has 5 heterocycles. The molecule has 8 nitrogen and oxygen atoms in total. The van der Waals surface area contributed by atoms with Crippen LogP contribution in [0.4, 0.5) is 0 Å². The van der Waals surface area contributed by atoms with E-state index < -0.39 is 0 Å². The number of hydrogen-bond acceptors (Lipinski definition) is 6. The maximum absolute atomic E-state index is 6.42. The Balaban J connectivity index is 0.00000278. The summed E-state index contributed by atoms with van der Waals surface area (Å²) in [6, 6.07) is 30.1. The molecule has 7 aromatic rings. The van der Waals surface area contributed by atoms with E-state index in [-0.39, 0.29) is 17.1 Å². The van der Waals surface area contributed by atoms with E-state index in [4.69, 9.17) is 41.5 Å². The van der Waals surface area contributed by atoms with Gasteiger partial charge in [-0.05, 0) is 5.56 Å². The first-order valence-corrected chi connectivity index (χ1v) is 14.1. The van der Waals surface area contributed by atoms with Gasteiger partial charge in [-0.1, -0.05) is 91.0 Å². The van der Waals surface area contributed by atoms with Gasteiger partial charge >= 0.3 is 0 Å². The van der Waals surface area contributed by atoms with Gasteiger partial charge in [0.05, 0.1) is 0 Å². The van der Waals surface area contributed by atoms with Crippen LogP contribution < -0.4 is 0 Å². The normalized spacial score (nSPS) is 11.7. The van der Waals surface area contributed by atoms with Crippen molar-refractivity contribution in [3.8, 4) is 45.6 Å². The summed E-state index contributed by atoms with van der Waals surface area (Å²) < 4.78 is 0. The van der Waals surface area contributed by atoms with Gasteiger partial charge in [-0.3, -0.25) is 0 Å². The molecule has 4 aromatic carbocycles. The molecule has 8 bridgehead atoms. The van der Waals surface area contributed by atoms with Crippen molar-refractivity contribution in [2.24, 2.45) is 0 Å². The van der Waals surface area contributed by atoms with Gasteiger partial charge in [0.25, 0.3) is 0 Å². The van der Waals surface area contributed by atoms with Crippen LogP contribution in [-0.4, -0.2) is 39.9 Å². The number of hydrogen-bond donors (Lipinski definition) is 2. The molecule has 0 saturated carbocycles. The SMILES string of the molecule is ClCc1cccc2c3nc4nc(nc5[nH]c(nc6nc(nc([nH]3)c12)-c1ccccc1-6)c1ccccc51)-c1ccccc1-4.[Cu]. The molecule has 0 saturated heterocycles. The van der Waals surface area contributed by atoms with E-state index in [1.165, 1.54) is 0 Å². The van der Waals surface area contributed by atoms with E-state index in [1.54, 1.807) is 0 Å². The van der Waals surface area contributed by atoms with Crippen molar-refractivity contribution in [2.75, 3.05) is 0 Å². The molecule has 2 aliphatic rings. The van der Waals surface area contributed by atoms with Gasteiger partial charge in [0.15, 0.2) is 23.3 Å². The minimum absolute atomic E-state index is 0. The molecule has 2 aliphatic heterocycles. The maximum atomic E-state index is 6.42. The Morgan fingerprint density at radius 3 is 1.33 bits per heavy atom. The molecule has 0 amide bonds. The standard InChI is InChI=1S/C33H19ClN8.Cu/c34-16-17-8-7-15-24-25(17)33-41-31-23-14-6-5-13-22(23)29(39-31)37-27-19-10-2-1-9-18(19)26(35-27)36-28-20-11-3-4-12-21(20)30(38-28)40-32(24)42-33;/h1-15H,16H2,(H2,35,36,37,38,39,40,41,42);. The fraction of sp³-hybridized carbons (Fsp3) is 0.0303. The first-order valence-electron chi connectivity index (χ1n) is 13.5. The van der Waals surface area contributed by atoms with Crippen molar-refractivity contribution >= 4 is 55.7 Å². The van der Waals surface area contributed by atoms with Crippen molar-refractivity contribution in [2.45, 2.75) is 5.88 Å². The quantitative estimate of drug-likeness (QED) is 0.143. The third kappa shape index (κ3) is 3.90. The number of H-pyrrole nitrogens is 2. The molecule has 0 unspecified atom stereocenters. The average Bonchev–Trinajstić information content (AvgIpc) is 3.76. The molecule has 0 spiro atoms. The van der Waals surface area contributed by atoms with Crippen LogP contribution >= 0.6 is 11.6 Å². The molecular formula is C33H19ClCuN8. The second kappa shape index (κ2) is 9.81. The van der Waals surface area contributed by atoms with E-state index in [1.807, 2.05) is 91.0 Å². The van der Waals surface area contributed by atoms with Gasteiger partial charge in [-0.2, -0.15) is 0 Å². The van der Waals surface area contributed by atoms with Gasteiger partial charge in [0.1, 0.15) is 22.6 Å². The largest absolute Gasteiger partial charge is 0.324 e. The molecular weight excluding hydrogens is 607 g/mol. The summed E-state index contributed by atoms with van der Waals surface area (Å²) >= 11 is 6.42. The third-order valence-corrected chi connectivity index (χ3v) is 8.10. The number of rotatable bonds is 1. The van der Waals surface area contributed by atoms with Crippen LogP contribution in [0.15, 0.2) is 91.0 Å². The van der Waals surface area contributed by atoms with E-state index in [9.17, 15) is 0 Å². The Kier molecular flexibility index (Phi) is 5.87. The summed E-state index contributed by atoms with van der Waals surface area (Å²) in [5.41, 5.74) is 7.20. The Hall–Kier alpha value is -4.95. The number of benzene rings is 4. The number of aromatic amines is 2. The van der Waals surface area contributed by atoms with Crippen LogP contribution in [0, 0.1) is 0 Å². The molecule has 3 aromatic heterocycles. The number of aromatic nitrogens is 8. The molecule has 43 heavy (non-hydrogen) atoms. The van der Waals surface area contributed by atoms with Crippen LogP contribution in [0.1, 0.15) is 5.56 Å². The fourth-order valence-corrected chi connectivity index (χ4v) is 6.10. The minimum atomic E-state index is 0. The zero-order valence-corrected chi connectivity index (χ0v) is 23.9. The van der Waals surface area contributed by atoms with E-state index >= 15 is 0 Å². The topological polar surface area (TPSA) is 109 Å². The maximum Gasteiger partial charge on any atom is 0.164 e. The first-order chi connectivity index (χ1) is 20.7. The molecule has 0 fully saturated rings. The number of nitrogens with zero attached hydrogens (tertiary/aromatic N) is 6. The Bertz CT molecular complexity index is 2430. The van der Waals surface area contributed by atoms with Gasteiger partial charge in [0.2, 0.25) is 0 Å². The van der Waals surface area contributed by atoms with Crippen LogP contribution in [-0.2, 0) is 22.9 Å². The van der Waals surface area contributed by atoms with Crippen molar-refractivity contribution in [1.82, 2.24) is 39.9 Å². The summed E-state index contributed by atoms with van der Waals surface area (Å²) in [6.07, 6.45) is 0. The van der Waals surface area contributed by atoms with E-state index in [2.05, 4.69) is 9.97 Å². The molecule has 0 atom stereocenters. The number of alkyl halides is 1. The van der Waals surface area contributed by atoms with E-state index in [0.717, 1.165) is 49.4 Å². The Morgan fingerprint density at radius 2 is 0.837 bits per heavy atom. The minimum Gasteiger partial charge on any atom is -0.324 e. The summed E-state index contributed by atoms with van der Waals surface area (Å²) in [7, 11) is 0. The summed E-state index contributed by atoms with van der Waals surface area (Å²) in [5.74, 6) is 2.62. The van der Waals surface area contributed by atoms with Gasteiger partial charge < -0.3 is 9.97 Å². The van der Waals surface area contributed by atoms with Crippen LogP contribution in [0.5, 0.6) is 0 Å². The van der Waals surface area contributed by atoms with Crippen molar-refractivity contribution in [3.05, 3.63) is 96.6 Å². The molecule has 2 N–H and O–H groups in total. The van der Waals surface area contributed by atoms with Gasteiger partial charge in [0, 0.05) is 66.7 Å². The smallest absolute Gasteiger partial charge is 0.164 e. The second-order valence-electron chi connectivity index (χ2n) is 10.2. The second-order valence-corrected chi connectivity index (χ2v) is 10.5. The average molecular weight is 627 g/mol. The first kappa shape index (κ1) is 25.7. The summed E-state index contributed by atoms with van der Waals surface area (Å²) in [6.45, 7) is 0. The van der Waals surface area contributed by atoms with E-state index in [0.29, 0.717) is 51.8 Å². The predicted molar refractivity (Wildman–Crippen MR) is 166 cm³/mol. The Morgan fingerprint density at radius 1 is 0.442 bits per heavy atom. The molecule has 209 valence electrons. The van der Waals surface area contributed by atoms with Crippen molar-refractivity contribution in [3.63, 3.8) is 0 Å². The number of fused-ring (bicyclic) bond motifs is 20. The van der Waals surface area contributed by atoms with Crippen LogP contribution in [0.25, 0.3) is 89.7 Å². The molecule has 10 heteroatoms. The number of nitrogens with one attached hydrogen (secondary N) is 2. The van der Waals surface area contributed by atoms with Gasteiger partial charge in [-0.15, -0.1) is 11.6 Å². The zero-order chi connectivity index (χ0) is 27.8. The fourth-order valence-electron chi connectivity index (χ4n) is 5.87. The summed E-state index contributed by atoms with van der Waals surface area (Å²) in [4.78, 5) is 36.9. The van der Waals surface area contributed by atoms with Gasteiger partial charge in [-0.25, -0.2) is 29.9 Å². The monoisotopic (exact) mass is 625 g/mol. The Labute approximate surface area is 259 Å². The summed E-state index contributed by atoms with van der Waals surface area (Å²) in [5, 5.41) is 3.70. The van der Waals surface area contributed by atoms with Crippen LogP contribution in [0.3, 0.4) is 0 Å². The third-order valence-electron chi connectivity index (χ3n) is 7.81. The van der Waals surface area contributed by atoms with Crippen molar-refractivity contribution < 1.29 is 17.1 Å². The predicted octanol–water partition coefficient (Wildman–Crippen LogP) is 7.61. The molecule has 0 aliphatic carbocycles. The van der Waals surface area contributed by atoms with Crippen LogP contribution in [0.2, 0.25) is 0 Å². The molecule has 1 radical (unpaired) electrons. The van der Waals surface area contributed by atoms with Crippen molar-refractivity contribution in [1.29, 1.82) is 0 Å². The zero-order valence-electron chi connectivity index (χ0n) is 22.2. The molecule has 9 rings (SSSR count).